The summed E-state index contributed by atoms with van der Waals surface area (Å²) >= 11 is 0. The monoisotopic (exact) mass is 251 g/mol. The molecule has 0 bridgehead atoms. The van der Waals surface area contributed by atoms with E-state index in [4.69, 9.17) is 4.74 Å². The van der Waals surface area contributed by atoms with E-state index in [1.165, 1.54) is 13.2 Å². The summed E-state index contributed by atoms with van der Waals surface area (Å²) in [5.74, 6) is -0.352. The number of hydrogen-bond donors (Lipinski definition) is 0. The Morgan fingerprint density at radius 3 is 2.67 bits per heavy atom. The van der Waals surface area contributed by atoms with E-state index in [0.717, 1.165) is 12.8 Å². The van der Waals surface area contributed by atoms with Gasteiger partial charge in [0.05, 0.1) is 12.5 Å². The lowest BCUT2D eigenvalue weighted by Crippen LogP contribution is -2.32. The van der Waals surface area contributed by atoms with Crippen LogP contribution in [0.15, 0.2) is 24.3 Å². The summed E-state index contributed by atoms with van der Waals surface area (Å²) in [5.41, 5.74) is 0.301. The molecule has 0 spiro atoms. The second-order valence-corrected chi connectivity index (χ2v) is 5.04. The molecule has 0 amide bonds. The largest absolute Gasteiger partial charge is 0.469 e. The van der Waals surface area contributed by atoms with Crippen LogP contribution in [0.3, 0.4) is 0 Å². The zero-order valence-corrected chi connectivity index (χ0v) is 10.8. The van der Waals surface area contributed by atoms with Crippen molar-refractivity contribution >= 4 is 5.97 Å². The van der Waals surface area contributed by atoms with Crippen molar-refractivity contribution in [2.24, 2.45) is 5.41 Å². The summed E-state index contributed by atoms with van der Waals surface area (Å²) in [6.07, 6.45) is 1.72. The first kappa shape index (κ1) is 13.0. The number of ether oxygens (including phenoxy) is 1. The van der Waals surface area contributed by atoms with Crippen molar-refractivity contribution in [2.75, 3.05) is 20.7 Å². The first-order chi connectivity index (χ1) is 8.57. The molecule has 0 saturated heterocycles. The molecule has 98 valence electrons. The minimum absolute atomic E-state index is 0.150. The van der Waals surface area contributed by atoms with Gasteiger partial charge in [0.1, 0.15) is 5.82 Å². The second-order valence-electron chi connectivity index (χ2n) is 5.04. The Morgan fingerprint density at radius 1 is 1.44 bits per heavy atom. The van der Waals surface area contributed by atoms with E-state index in [0.29, 0.717) is 18.7 Å². The van der Waals surface area contributed by atoms with E-state index < -0.39 is 0 Å². The molecule has 1 aliphatic rings. The third-order valence-electron chi connectivity index (χ3n) is 3.44. The van der Waals surface area contributed by atoms with Crippen LogP contribution in [0, 0.1) is 11.2 Å². The maximum atomic E-state index is 13.5. The van der Waals surface area contributed by atoms with Crippen LogP contribution in [0.25, 0.3) is 0 Å². The molecule has 0 N–H and O–H groups in total. The maximum absolute atomic E-state index is 13.5. The van der Waals surface area contributed by atoms with Crippen molar-refractivity contribution in [3.8, 4) is 0 Å². The average molecular weight is 251 g/mol. The summed E-state index contributed by atoms with van der Waals surface area (Å²) in [6.45, 7) is 1.12. The zero-order valence-electron chi connectivity index (χ0n) is 10.8. The maximum Gasteiger partial charge on any atom is 0.313 e. The Bertz CT molecular complexity index is 443. The minimum Gasteiger partial charge on any atom is -0.469 e. The number of carbonyl (C=O) groups excluding carboxylic acids is 1. The Morgan fingerprint density at radius 2 is 2.11 bits per heavy atom. The van der Waals surface area contributed by atoms with Gasteiger partial charge in [-0.25, -0.2) is 4.39 Å². The summed E-state index contributed by atoms with van der Waals surface area (Å²) in [7, 11) is 3.31. The molecule has 4 heteroatoms. The van der Waals surface area contributed by atoms with Gasteiger partial charge in [-0.15, -0.1) is 0 Å². The number of benzene rings is 1. The van der Waals surface area contributed by atoms with Crippen LogP contribution in [0.1, 0.15) is 18.4 Å². The van der Waals surface area contributed by atoms with Gasteiger partial charge in [-0.1, -0.05) is 18.2 Å². The smallest absolute Gasteiger partial charge is 0.313 e. The standard InChI is InChI=1S/C14H18FNO2/c1-16(9-11-5-3-4-6-12(11)15)10-14(7-8-14)13(17)18-2/h3-6H,7-10H2,1-2H3. The van der Waals surface area contributed by atoms with E-state index in [-0.39, 0.29) is 17.2 Å². The number of halogens is 1. The molecular weight excluding hydrogens is 233 g/mol. The first-order valence-corrected chi connectivity index (χ1v) is 6.08. The Kier molecular flexibility index (Phi) is 3.66. The molecule has 1 saturated carbocycles. The number of carbonyl (C=O) groups is 1. The quantitative estimate of drug-likeness (QED) is 0.751. The summed E-state index contributed by atoms with van der Waals surface area (Å²) < 4.78 is 18.3. The highest BCUT2D eigenvalue weighted by Crippen LogP contribution is 2.47. The molecule has 18 heavy (non-hydrogen) atoms. The lowest BCUT2D eigenvalue weighted by atomic mass is 10.1. The Balaban J connectivity index is 1.96. The lowest BCUT2D eigenvalue weighted by Gasteiger charge is -2.22. The number of esters is 1. The van der Waals surface area contributed by atoms with Crippen molar-refractivity contribution in [2.45, 2.75) is 19.4 Å². The second kappa shape index (κ2) is 5.06. The molecule has 0 atom stereocenters. The molecular formula is C14H18FNO2. The van der Waals surface area contributed by atoms with Gasteiger partial charge in [0.25, 0.3) is 0 Å². The van der Waals surface area contributed by atoms with E-state index >= 15 is 0 Å². The lowest BCUT2D eigenvalue weighted by molar-refractivity contribution is -0.147. The Labute approximate surface area is 107 Å². The van der Waals surface area contributed by atoms with E-state index in [1.807, 2.05) is 18.0 Å². The predicted molar refractivity (Wildman–Crippen MR) is 66.4 cm³/mol. The van der Waals surface area contributed by atoms with Crippen molar-refractivity contribution in [1.82, 2.24) is 4.90 Å². The molecule has 2 rings (SSSR count). The van der Waals surface area contributed by atoms with Gasteiger partial charge in [-0.3, -0.25) is 4.79 Å². The molecule has 0 heterocycles. The van der Waals surface area contributed by atoms with Gasteiger partial charge in [0, 0.05) is 18.7 Å². The summed E-state index contributed by atoms with van der Waals surface area (Å²) in [4.78, 5) is 13.6. The van der Waals surface area contributed by atoms with Gasteiger partial charge < -0.3 is 9.64 Å². The third-order valence-corrected chi connectivity index (χ3v) is 3.44. The zero-order chi connectivity index (χ0) is 13.2. The average Bonchev–Trinajstić information content (AvgIpc) is 3.12. The fourth-order valence-electron chi connectivity index (χ4n) is 2.28. The molecule has 0 aliphatic heterocycles. The van der Waals surface area contributed by atoms with Crippen molar-refractivity contribution < 1.29 is 13.9 Å². The summed E-state index contributed by atoms with van der Waals surface area (Å²) in [6, 6.07) is 6.72. The fourth-order valence-corrected chi connectivity index (χ4v) is 2.28. The third kappa shape index (κ3) is 2.70. The van der Waals surface area contributed by atoms with Gasteiger partial charge in [-0.05, 0) is 26.0 Å². The highest BCUT2D eigenvalue weighted by molar-refractivity contribution is 5.80. The van der Waals surface area contributed by atoms with E-state index in [1.54, 1.807) is 12.1 Å². The highest BCUT2D eigenvalue weighted by atomic mass is 19.1. The van der Waals surface area contributed by atoms with Gasteiger partial charge >= 0.3 is 5.97 Å². The summed E-state index contributed by atoms with van der Waals surface area (Å²) in [5, 5.41) is 0. The van der Waals surface area contributed by atoms with Crippen molar-refractivity contribution in [1.29, 1.82) is 0 Å². The van der Waals surface area contributed by atoms with Crippen LogP contribution in [-0.4, -0.2) is 31.6 Å². The van der Waals surface area contributed by atoms with Crippen molar-refractivity contribution in [3.05, 3.63) is 35.6 Å². The molecule has 0 aromatic heterocycles. The SMILES string of the molecule is COC(=O)C1(CN(C)Cc2ccccc2F)CC1. The molecule has 0 unspecified atom stereocenters. The van der Waals surface area contributed by atoms with Gasteiger partial charge in [0.2, 0.25) is 0 Å². The molecule has 1 aromatic rings. The minimum atomic E-state index is -0.352. The van der Waals surface area contributed by atoms with E-state index in [2.05, 4.69) is 0 Å². The number of nitrogens with zero attached hydrogens (tertiary/aromatic N) is 1. The van der Waals surface area contributed by atoms with Crippen LogP contribution in [0.5, 0.6) is 0 Å². The fraction of sp³-hybridized carbons (Fsp3) is 0.500. The molecule has 3 nitrogen and oxygen atoms in total. The van der Waals surface area contributed by atoms with Crippen LogP contribution < -0.4 is 0 Å². The van der Waals surface area contributed by atoms with Crippen LogP contribution in [-0.2, 0) is 16.1 Å². The topological polar surface area (TPSA) is 29.5 Å². The number of rotatable bonds is 5. The molecule has 1 aromatic carbocycles. The Hall–Kier alpha value is -1.42. The van der Waals surface area contributed by atoms with Crippen LogP contribution in [0.2, 0.25) is 0 Å². The van der Waals surface area contributed by atoms with Crippen LogP contribution >= 0.6 is 0 Å². The molecule has 0 radical (unpaired) electrons. The van der Waals surface area contributed by atoms with Gasteiger partial charge in [0.15, 0.2) is 0 Å². The van der Waals surface area contributed by atoms with Crippen molar-refractivity contribution in [3.63, 3.8) is 0 Å². The number of hydrogen-bond acceptors (Lipinski definition) is 3. The normalized spacial score (nSPS) is 16.7. The van der Waals surface area contributed by atoms with Gasteiger partial charge in [-0.2, -0.15) is 0 Å². The molecule has 1 aliphatic carbocycles. The van der Waals surface area contributed by atoms with Crippen LogP contribution in [0.4, 0.5) is 4.39 Å². The predicted octanol–water partition coefficient (Wildman–Crippen LogP) is 2.21. The number of methoxy groups -OCH3 is 1. The first-order valence-electron chi connectivity index (χ1n) is 6.08. The van der Waals surface area contributed by atoms with E-state index in [9.17, 15) is 9.18 Å². The molecule has 1 fully saturated rings. The highest BCUT2D eigenvalue weighted by Gasteiger charge is 2.51.